The second-order valence-corrected chi connectivity index (χ2v) is 4.31. The molecule has 0 aliphatic heterocycles. The molecular formula is C11H10BrFN2. The summed E-state index contributed by atoms with van der Waals surface area (Å²) in [5.41, 5.74) is 2.13. The van der Waals surface area contributed by atoms with E-state index in [1.165, 1.54) is 12.1 Å². The Labute approximate surface area is 95.9 Å². The highest BCUT2D eigenvalue weighted by Crippen LogP contribution is 2.18. The molecule has 0 bridgehead atoms. The molecule has 0 N–H and O–H groups in total. The van der Waals surface area contributed by atoms with Crippen molar-refractivity contribution in [1.29, 1.82) is 0 Å². The number of benzene rings is 1. The van der Waals surface area contributed by atoms with Crippen LogP contribution in [0.2, 0.25) is 0 Å². The lowest BCUT2D eigenvalue weighted by atomic mass is 10.2. The van der Waals surface area contributed by atoms with Crippen LogP contribution in [0, 0.1) is 12.7 Å². The van der Waals surface area contributed by atoms with E-state index < -0.39 is 0 Å². The first kappa shape index (κ1) is 10.4. The molecule has 0 unspecified atom stereocenters. The predicted octanol–water partition coefficient (Wildman–Crippen LogP) is 3.14. The van der Waals surface area contributed by atoms with Crippen LogP contribution in [-0.2, 0) is 6.54 Å². The molecule has 2 rings (SSSR count). The van der Waals surface area contributed by atoms with Gasteiger partial charge in [0.25, 0.3) is 0 Å². The van der Waals surface area contributed by atoms with E-state index in [1.54, 1.807) is 12.3 Å². The minimum Gasteiger partial charge on any atom is -0.268 e. The van der Waals surface area contributed by atoms with Crippen molar-refractivity contribution < 1.29 is 4.39 Å². The third-order valence-corrected chi connectivity index (χ3v) is 2.85. The largest absolute Gasteiger partial charge is 0.268 e. The maximum absolute atomic E-state index is 12.8. The minimum atomic E-state index is -0.234. The summed E-state index contributed by atoms with van der Waals surface area (Å²) in [6.45, 7) is 2.64. The topological polar surface area (TPSA) is 17.8 Å². The number of aromatic nitrogens is 2. The zero-order chi connectivity index (χ0) is 10.8. The third-order valence-electron chi connectivity index (χ3n) is 2.11. The van der Waals surface area contributed by atoms with E-state index >= 15 is 0 Å². The van der Waals surface area contributed by atoms with Crippen LogP contribution in [0.15, 0.2) is 35.1 Å². The second-order valence-electron chi connectivity index (χ2n) is 3.45. The van der Waals surface area contributed by atoms with Gasteiger partial charge in [0.2, 0.25) is 0 Å². The molecule has 0 saturated heterocycles. The molecule has 1 aromatic heterocycles. The van der Waals surface area contributed by atoms with Crippen molar-refractivity contribution in [3.63, 3.8) is 0 Å². The highest BCUT2D eigenvalue weighted by atomic mass is 79.9. The van der Waals surface area contributed by atoms with E-state index in [0.717, 1.165) is 15.6 Å². The van der Waals surface area contributed by atoms with Crippen LogP contribution in [0.1, 0.15) is 11.1 Å². The Hall–Kier alpha value is -1.16. The summed E-state index contributed by atoms with van der Waals surface area (Å²) >= 11 is 3.33. The fourth-order valence-corrected chi connectivity index (χ4v) is 1.85. The van der Waals surface area contributed by atoms with Gasteiger partial charge in [-0.2, -0.15) is 5.10 Å². The number of hydrogen-bond acceptors (Lipinski definition) is 1. The van der Waals surface area contributed by atoms with Crippen molar-refractivity contribution in [3.8, 4) is 0 Å². The van der Waals surface area contributed by atoms with Crippen LogP contribution in [0.5, 0.6) is 0 Å². The number of halogens is 2. The highest BCUT2D eigenvalue weighted by Gasteiger charge is 2.03. The third kappa shape index (κ3) is 2.45. The highest BCUT2D eigenvalue weighted by molar-refractivity contribution is 9.10. The Kier molecular flexibility index (Phi) is 2.86. The SMILES string of the molecule is Cc1cnn(Cc2ccc(F)cc2Br)c1. The average Bonchev–Trinajstić information content (AvgIpc) is 2.56. The smallest absolute Gasteiger partial charge is 0.124 e. The quantitative estimate of drug-likeness (QED) is 0.819. The van der Waals surface area contributed by atoms with Crippen molar-refractivity contribution in [1.82, 2.24) is 9.78 Å². The first-order chi connectivity index (χ1) is 7.15. The van der Waals surface area contributed by atoms with E-state index in [0.29, 0.717) is 6.54 Å². The zero-order valence-electron chi connectivity index (χ0n) is 8.24. The van der Waals surface area contributed by atoms with Crippen LogP contribution in [0.25, 0.3) is 0 Å². The fourth-order valence-electron chi connectivity index (χ4n) is 1.38. The van der Waals surface area contributed by atoms with Crippen LogP contribution in [-0.4, -0.2) is 9.78 Å². The summed E-state index contributed by atoms with van der Waals surface area (Å²) in [5.74, 6) is -0.234. The predicted molar refractivity (Wildman–Crippen MR) is 60.2 cm³/mol. The maximum atomic E-state index is 12.8. The van der Waals surface area contributed by atoms with Gasteiger partial charge in [-0.25, -0.2) is 4.39 Å². The first-order valence-electron chi connectivity index (χ1n) is 4.58. The molecule has 15 heavy (non-hydrogen) atoms. The monoisotopic (exact) mass is 268 g/mol. The Balaban J connectivity index is 2.24. The number of aryl methyl sites for hydroxylation is 1. The maximum Gasteiger partial charge on any atom is 0.124 e. The molecule has 0 atom stereocenters. The Morgan fingerprint density at radius 3 is 2.87 bits per heavy atom. The van der Waals surface area contributed by atoms with Crippen molar-refractivity contribution in [2.75, 3.05) is 0 Å². The van der Waals surface area contributed by atoms with Gasteiger partial charge in [-0.1, -0.05) is 22.0 Å². The Morgan fingerprint density at radius 1 is 1.47 bits per heavy atom. The Morgan fingerprint density at radius 2 is 2.27 bits per heavy atom. The summed E-state index contributed by atoms with van der Waals surface area (Å²) < 4.78 is 15.4. The molecule has 1 heterocycles. The van der Waals surface area contributed by atoms with E-state index in [9.17, 15) is 4.39 Å². The van der Waals surface area contributed by atoms with E-state index in [-0.39, 0.29) is 5.82 Å². The zero-order valence-corrected chi connectivity index (χ0v) is 9.83. The molecule has 2 nitrogen and oxygen atoms in total. The van der Waals surface area contributed by atoms with Crippen LogP contribution in [0.3, 0.4) is 0 Å². The number of rotatable bonds is 2. The lowest BCUT2D eigenvalue weighted by Gasteiger charge is -2.04. The average molecular weight is 269 g/mol. The molecule has 0 amide bonds. The fraction of sp³-hybridized carbons (Fsp3) is 0.182. The normalized spacial score (nSPS) is 10.6. The first-order valence-corrected chi connectivity index (χ1v) is 5.37. The van der Waals surface area contributed by atoms with Gasteiger partial charge in [0.15, 0.2) is 0 Å². The van der Waals surface area contributed by atoms with E-state index in [2.05, 4.69) is 21.0 Å². The molecule has 2 aromatic rings. The van der Waals surface area contributed by atoms with Crippen LogP contribution < -0.4 is 0 Å². The van der Waals surface area contributed by atoms with Gasteiger partial charge in [-0.15, -0.1) is 0 Å². The van der Waals surface area contributed by atoms with Gasteiger partial charge in [0, 0.05) is 10.7 Å². The molecule has 78 valence electrons. The minimum absolute atomic E-state index is 0.234. The van der Waals surface area contributed by atoms with Crippen molar-refractivity contribution in [2.45, 2.75) is 13.5 Å². The van der Waals surface area contributed by atoms with Crippen LogP contribution in [0.4, 0.5) is 4.39 Å². The van der Waals surface area contributed by atoms with Gasteiger partial charge >= 0.3 is 0 Å². The van der Waals surface area contributed by atoms with Crippen molar-refractivity contribution in [3.05, 3.63) is 52.0 Å². The second kappa shape index (κ2) is 4.14. The standard InChI is InChI=1S/C11H10BrFN2/c1-8-5-14-15(6-8)7-9-2-3-10(13)4-11(9)12/h2-6H,7H2,1H3. The molecule has 0 aliphatic rings. The van der Waals surface area contributed by atoms with Crippen molar-refractivity contribution in [2.24, 2.45) is 0 Å². The summed E-state index contributed by atoms with van der Waals surface area (Å²) in [4.78, 5) is 0. The van der Waals surface area contributed by atoms with Gasteiger partial charge < -0.3 is 0 Å². The molecule has 4 heteroatoms. The molecule has 0 fully saturated rings. The summed E-state index contributed by atoms with van der Waals surface area (Å²) in [6.07, 6.45) is 3.76. The Bertz CT molecular complexity index is 479. The molecule has 0 spiro atoms. The summed E-state index contributed by atoms with van der Waals surface area (Å²) in [7, 11) is 0. The molecule has 0 saturated carbocycles. The number of hydrogen-bond donors (Lipinski definition) is 0. The van der Waals surface area contributed by atoms with Crippen molar-refractivity contribution >= 4 is 15.9 Å². The molecule has 1 aromatic carbocycles. The van der Waals surface area contributed by atoms with Gasteiger partial charge in [-0.3, -0.25) is 4.68 Å². The lowest BCUT2D eigenvalue weighted by Crippen LogP contribution is -2.00. The van der Waals surface area contributed by atoms with Gasteiger partial charge in [-0.05, 0) is 30.2 Å². The number of nitrogens with zero attached hydrogens (tertiary/aromatic N) is 2. The summed E-state index contributed by atoms with van der Waals surface area (Å²) in [6, 6.07) is 4.68. The van der Waals surface area contributed by atoms with E-state index in [1.807, 2.05) is 17.8 Å². The lowest BCUT2D eigenvalue weighted by molar-refractivity contribution is 0.623. The van der Waals surface area contributed by atoms with E-state index in [4.69, 9.17) is 0 Å². The molecular weight excluding hydrogens is 259 g/mol. The van der Waals surface area contributed by atoms with Gasteiger partial charge in [0.05, 0.1) is 12.7 Å². The van der Waals surface area contributed by atoms with Crippen LogP contribution >= 0.6 is 15.9 Å². The van der Waals surface area contributed by atoms with Gasteiger partial charge in [0.1, 0.15) is 5.82 Å². The summed E-state index contributed by atoms with van der Waals surface area (Å²) in [5, 5.41) is 4.18. The molecule has 0 radical (unpaired) electrons. The molecule has 0 aliphatic carbocycles.